The first-order valence-corrected chi connectivity index (χ1v) is 3.43. The molecular weight excluding hydrogens is 136 g/mol. The van der Waals surface area contributed by atoms with Gasteiger partial charge in [-0.1, -0.05) is 18.2 Å². The fourth-order valence-corrected chi connectivity index (χ4v) is 0.961. The van der Waals surface area contributed by atoms with E-state index >= 15 is 0 Å². The lowest BCUT2D eigenvalue weighted by Crippen LogP contribution is -1.87. The van der Waals surface area contributed by atoms with Crippen LogP contribution in [0.1, 0.15) is 0 Å². The largest absolute Gasteiger partial charge is 0.297 e. The van der Waals surface area contributed by atoms with Crippen molar-refractivity contribution in [2.75, 3.05) is 0 Å². The van der Waals surface area contributed by atoms with Gasteiger partial charge in [-0.25, -0.2) is 4.98 Å². The van der Waals surface area contributed by atoms with E-state index in [-0.39, 0.29) is 0 Å². The Morgan fingerprint density at radius 1 is 1.18 bits per heavy atom. The quantitative estimate of drug-likeness (QED) is 0.593. The smallest absolute Gasteiger partial charge is 0.181 e. The number of benzene rings is 1. The average Bonchev–Trinajstić information content (AvgIpc) is 2.58. The summed E-state index contributed by atoms with van der Waals surface area (Å²) in [6, 6.07) is 9.99. The summed E-state index contributed by atoms with van der Waals surface area (Å²) in [5.74, 6) is 0. The minimum atomic E-state index is 1.09. The minimum Gasteiger partial charge on any atom is -0.297 e. The number of aromatic nitrogens is 2. The Morgan fingerprint density at radius 3 is 2.64 bits per heavy atom. The highest BCUT2D eigenvalue weighted by Crippen LogP contribution is 2.03. The van der Waals surface area contributed by atoms with Gasteiger partial charge in [-0.3, -0.25) is 4.57 Å². The van der Waals surface area contributed by atoms with Crippen molar-refractivity contribution >= 4 is 0 Å². The van der Waals surface area contributed by atoms with Crippen LogP contribution < -0.4 is 0 Å². The molecule has 53 valence electrons. The normalized spacial score (nSPS) is 9.82. The van der Waals surface area contributed by atoms with Crippen LogP contribution >= 0.6 is 0 Å². The number of imidazole rings is 1. The summed E-state index contributed by atoms with van der Waals surface area (Å²) in [6.07, 6.45) is 6.41. The Hall–Kier alpha value is -1.57. The lowest BCUT2D eigenvalue weighted by atomic mass is 10.3. The molecule has 0 unspecified atom stereocenters. The van der Waals surface area contributed by atoms with Crippen LogP contribution in [0, 0.1) is 6.33 Å². The van der Waals surface area contributed by atoms with E-state index in [0.29, 0.717) is 0 Å². The molecule has 2 heteroatoms. The highest BCUT2D eigenvalue weighted by molar-refractivity contribution is 5.30. The van der Waals surface area contributed by atoms with E-state index in [0.717, 1.165) is 5.69 Å². The van der Waals surface area contributed by atoms with E-state index in [1.165, 1.54) is 0 Å². The molecule has 0 fully saturated rings. The molecule has 0 aliphatic carbocycles. The molecule has 2 rings (SSSR count). The highest BCUT2D eigenvalue weighted by atomic mass is 15.0. The Balaban J connectivity index is 2.46. The van der Waals surface area contributed by atoms with Crippen LogP contribution in [-0.2, 0) is 0 Å². The highest BCUT2D eigenvalue weighted by Gasteiger charge is 1.90. The van der Waals surface area contributed by atoms with Crippen LogP contribution in [0.15, 0.2) is 42.7 Å². The first-order chi connectivity index (χ1) is 5.47. The third-order valence-electron chi connectivity index (χ3n) is 1.49. The van der Waals surface area contributed by atoms with Gasteiger partial charge in [0.1, 0.15) is 0 Å². The molecule has 0 bridgehead atoms. The predicted molar refractivity (Wildman–Crippen MR) is 42.4 cm³/mol. The molecule has 0 aliphatic rings. The second-order valence-electron chi connectivity index (χ2n) is 2.23. The number of hydrogen-bond donors (Lipinski definition) is 0. The maximum absolute atomic E-state index is 3.84. The van der Waals surface area contributed by atoms with Gasteiger partial charge in [-0.15, -0.1) is 0 Å². The van der Waals surface area contributed by atoms with Crippen molar-refractivity contribution < 1.29 is 0 Å². The predicted octanol–water partition coefficient (Wildman–Crippen LogP) is 1.67. The maximum Gasteiger partial charge on any atom is 0.181 e. The molecule has 1 aromatic carbocycles. The zero-order chi connectivity index (χ0) is 7.52. The summed E-state index contributed by atoms with van der Waals surface area (Å²) < 4.78 is 1.85. The molecule has 1 radical (unpaired) electrons. The van der Waals surface area contributed by atoms with Gasteiger partial charge in [0.2, 0.25) is 0 Å². The van der Waals surface area contributed by atoms with E-state index in [1.54, 1.807) is 6.20 Å². The van der Waals surface area contributed by atoms with Gasteiger partial charge < -0.3 is 0 Å². The summed E-state index contributed by atoms with van der Waals surface area (Å²) in [4.78, 5) is 3.84. The Morgan fingerprint density at radius 2 is 2.00 bits per heavy atom. The molecule has 11 heavy (non-hydrogen) atoms. The van der Waals surface area contributed by atoms with Gasteiger partial charge in [0.15, 0.2) is 6.33 Å². The summed E-state index contributed by atoms with van der Waals surface area (Å²) >= 11 is 0. The van der Waals surface area contributed by atoms with Gasteiger partial charge >= 0.3 is 0 Å². The molecule has 0 aliphatic heterocycles. The van der Waals surface area contributed by atoms with E-state index < -0.39 is 0 Å². The van der Waals surface area contributed by atoms with Crippen LogP contribution in [0.2, 0.25) is 0 Å². The molecule has 1 aromatic heterocycles. The Kier molecular flexibility index (Phi) is 1.44. The van der Waals surface area contributed by atoms with E-state index in [4.69, 9.17) is 0 Å². The van der Waals surface area contributed by atoms with E-state index in [1.807, 2.05) is 41.1 Å². The second kappa shape index (κ2) is 2.58. The van der Waals surface area contributed by atoms with Crippen molar-refractivity contribution in [3.8, 4) is 5.69 Å². The number of nitrogens with zero attached hydrogens (tertiary/aromatic N) is 2. The summed E-state index contributed by atoms with van der Waals surface area (Å²) in [5, 5.41) is 0. The van der Waals surface area contributed by atoms with Crippen LogP contribution in [0.25, 0.3) is 5.69 Å². The van der Waals surface area contributed by atoms with Gasteiger partial charge in [0.05, 0.1) is 0 Å². The van der Waals surface area contributed by atoms with Crippen molar-refractivity contribution in [3.63, 3.8) is 0 Å². The molecule has 0 N–H and O–H groups in total. The van der Waals surface area contributed by atoms with Crippen LogP contribution in [-0.4, -0.2) is 9.55 Å². The zero-order valence-corrected chi connectivity index (χ0v) is 5.94. The Labute approximate surface area is 65.1 Å². The Bertz CT molecular complexity index is 311. The lowest BCUT2D eigenvalue weighted by Gasteiger charge is -1.97. The van der Waals surface area contributed by atoms with Crippen molar-refractivity contribution in [1.82, 2.24) is 9.55 Å². The topological polar surface area (TPSA) is 17.8 Å². The third kappa shape index (κ3) is 1.15. The zero-order valence-electron chi connectivity index (χ0n) is 5.94. The average molecular weight is 143 g/mol. The van der Waals surface area contributed by atoms with Gasteiger partial charge in [-0.2, -0.15) is 0 Å². The lowest BCUT2D eigenvalue weighted by molar-refractivity contribution is 1.04. The fourth-order valence-electron chi connectivity index (χ4n) is 0.961. The van der Waals surface area contributed by atoms with Crippen LogP contribution in [0.5, 0.6) is 0 Å². The molecule has 0 saturated heterocycles. The summed E-state index contributed by atoms with van der Waals surface area (Å²) in [6.45, 7) is 0. The van der Waals surface area contributed by atoms with Crippen molar-refractivity contribution in [1.29, 1.82) is 0 Å². The van der Waals surface area contributed by atoms with Gasteiger partial charge in [0.25, 0.3) is 0 Å². The van der Waals surface area contributed by atoms with Crippen molar-refractivity contribution in [3.05, 3.63) is 49.1 Å². The first kappa shape index (κ1) is 6.16. The molecule has 0 spiro atoms. The monoisotopic (exact) mass is 143 g/mol. The first-order valence-electron chi connectivity index (χ1n) is 3.43. The molecule has 0 saturated carbocycles. The molecule has 1 heterocycles. The summed E-state index contributed by atoms with van der Waals surface area (Å²) in [5.41, 5.74) is 1.09. The molecule has 0 atom stereocenters. The van der Waals surface area contributed by atoms with Gasteiger partial charge in [0, 0.05) is 18.1 Å². The number of para-hydroxylation sites is 1. The molecule has 0 amide bonds. The van der Waals surface area contributed by atoms with E-state index in [2.05, 4.69) is 11.3 Å². The second-order valence-corrected chi connectivity index (χ2v) is 2.23. The number of hydrogen-bond acceptors (Lipinski definition) is 1. The SMILES string of the molecule is [c]1nccn1-c1ccccc1. The fraction of sp³-hybridized carbons (Fsp3) is 0. The molecular formula is C9H7N2. The van der Waals surface area contributed by atoms with Crippen LogP contribution in [0.4, 0.5) is 0 Å². The molecule has 2 aromatic rings. The van der Waals surface area contributed by atoms with Crippen molar-refractivity contribution in [2.24, 2.45) is 0 Å². The van der Waals surface area contributed by atoms with E-state index in [9.17, 15) is 0 Å². The summed E-state index contributed by atoms with van der Waals surface area (Å²) in [7, 11) is 0. The van der Waals surface area contributed by atoms with Crippen molar-refractivity contribution in [2.45, 2.75) is 0 Å². The molecule has 2 nitrogen and oxygen atoms in total. The number of rotatable bonds is 1. The van der Waals surface area contributed by atoms with Gasteiger partial charge in [-0.05, 0) is 12.1 Å². The maximum atomic E-state index is 3.84. The standard InChI is InChI=1S/C9H7N2/c1-2-4-9(5-3-1)11-7-6-10-8-11/h1-7H. The minimum absolute atomic E-state index is 1.09. The third-order valence-corrected chi connectivity index (χ3v) is 1.49. The van der Waals surface area contributed by atoms with Crippen LogP contribution in [0.3, 0.4) is 0 Å².